The molecule has 17 rings (SSSR count). The Morgan fingerprint density at radius 2 is 0.779 bits per heavy atom. The number of para-hydroxylation sites is 4. The molecule has 0 bridgehead atoms. The fourth-order valence-electron chi connectivity index (χ4n) is 16.5. The van der Waals surface area contributed by atoms with Crippen LogP contribution < -0.4 is 73.1 Å². The first-order chi connectivity index (χ1) is 64.9. The molecular weight excluding hydrogens is 1830 g/mol. The van der Waals surface area contributed by atoms with Gasteiger partial charge in [0.25, 0.3) is 17.4 Å². The summed E-state index contributed by atoms with van der Waals surface area (Å²) < 4.78 is 29.1. The van der Waals surface area contributed by atoms with Crippen LogP contribution >= 0.6 is 45.3 Å². The molecule has 8 atom stereocenters. The molecule has 3 fully saturated rings. The highest BCUT2D eigenvalue weighted by Gasteiger charge is 2.48. The highest BCUT2D eigenvalue weighted by atomic mass is 32.1. The number of anilines is 4. The number of fused-ring (bicyclic) bond motifs is 4. The number of urea groups is 2. The zero-order valence-corrected chi connectivity index (χ0v) is 77.9. The van der Waals surface area contributed by atoms with E-state index < -0.39 is 135 Å². The van der Waals surface area contributed by atoms with E-state index in [0.717, 1.165) is 101 Å². The first kappa shape index (κ1) is 98.2. The lowest BCUT2D eigenvalue weighted by molar-refractivity contribution is -0.154. The zero-order chi connectivity index (χ0) is 97.4. The number of benzene rings is 4. The second-order valence-electron chi connectivity index (χ2n) is 33.7. The maximum absolute atomic E-state index is 13.4. The van der Waals surface area contributed by atoms with Crippen LogP contribution in [0.1, 0.15) is 151 Å². The number of aromatic nitrogens is 6. The van der Waals surface area contributed by atoms with E-state index in [1.54, 1.807) is 28.6 Å². The number of ether oxygens (including phenoxy) is 1. The van der Waals surface area contributed by atoms with Crippen molar-refractivity contribution in [1.82, 2.24) is 70.4 Å². The van der Waals surface area contributed by atoms with Crippen molar-refractivity contribution in [3.63, 3.8) is 0 Å². The van der Waals surface area contributed by atoms with E-state index in [9.17, 15) is 82.4 Å². The minimum Gasteiger partial charge on any atom is -0.536 e. The number of nitrogens with one attached hydrogen (secondary N) is 4. The molecule has 48 heteroatoms. The average Bonchev–Trinajstić information content (AvgIpc) is 1.32. The van der Waals surface area contributed by atoms with Gasteiger partial charge in [0.1, 0.15) is 47.2 Å². The summed E-state index contributed by atoms with van der Waals surface area (Å²) in [6, 6.07) is 22.2. The molecule has 4 unspecified atom stereocenters. The molecular formula is C88H96B4N18O22S4. The molecule has 706 valence electrons. The zero-order valence-electron chi connectivity index (χ0n) is 74.7. The Morgan fingerprint density at radius 3 is 1.10 bits per heavy atom. The van der Waals surface area contributed by atoms with E-state index in [1.165, 1.54) is 76.5 Å². The van der Waals surface area contributed by atoms with Crippen molar-refractivity contribution >= 4 is 165 Å². The summed E-state index contributed by atoms with van der Waals surface area (Å²) in [7, 11) is -0.199. The summed E-state index contributed by atoms with van der Waals surface area (Å²) in [6.45, 7) is 8.04. The summed E-state index contributed by atoms with van der Waals surface area (Å²) in [5.41, 5.74) is 31.4. The normalized spacial score (nSPS) is 17.9. The van der Waals surface area contributed by atoms with Gasteiger partial charge in [-0.05, 0) is 123 Å². The monoisotopic (exact) mass is 1930 g/mol. The highest BCUT2D eigenvalue weighted by molar-refractivity contribution is 7.14. The third-order valence-electron chi connectivity index (χ3n) is 24.0. The number of ketones is 4. The number of hydrogen-bond acceptors (Lipinski definition) is 35. The SMILES string of the molecule is COc1cc(C(=O)NC(C(=O)C[C@H]2Cc3cccc(C)c3OB2O)c2csc(N)n2)ccn1.Cc1cccc2c1OB(O)[C@@H](CC(=O)C(NC(=O)N1CCN(C)C(=O)C1=O)c1csc(N)n1)C2.Cc1cccc2c1OB(O)[C@@H](CC(=O)C(NC(=O)N1CCN(C3CC3)C(=O)C1=O)c1csc(N)n1)C2.Cc1cccc2c1OB(O)[C@@H](CC(=O)C(NC(=O)c1ccn(C)c(=O)c1)c1csc(N)n1)C2. The van der Waals surface area contributed by atoms with Crippen molar-refractivity contribution in [3.05, 3.63) is 220 Å². The van der Waals surface area contributed by atoms with E-state index in [1.807, 2.05) is 100 Å². The number of likely N-dealkylation sites (N-methyl/N-ethyl adjacent to an activating group) is 1. The maximum Gasteiger partial charge on any atom is 0.526 e. The number of amides is 10. The fraction of sp³-hybridized carbons (Fsp3) is 0.341. The molecule has 10 aromatic rings. The van der Waals surface area contributed by atoms with Crippen LogP contribution in [0.3, 0.4) is 0 Å². The minimum atomic E-state index is -1.21. The van der Waals surface area contributed by atoms with Crippen molar-refractivity contribution < 1.29 is 101 Å². The first-order valence-corrected chi connectivity index (χ1v) is 46.7. The van der Waals surface area contributed by atoms with Crippen LogP contribution in [0.5, 0.6) is 28.9 Å². The van der Waals surface area contributed by atoms with Gasteiger partial charge in [-0.1, -0.05) is 72.8 Å². The Hall–Kier alpha value is -13.8. The summed E-state index contributed by atoms with van der Waals surface area (Å²) in [5, 5.41) is 60.0. The number of nitrogen functional groups attached to an aromatic ring is 4. The molecule has 6 aromatic heterocycles. The summed E-state index contributed by atoms with van der Waals surface area (Å²) in [6.07, 6.45) is 6.10. The molecule has 12 heterocycles. The predicted octanol–water partition coefficient (Wildman–Crippen LogP) is 5.59. The van der Waals surface area contributed by atoms with Gasteiger partial charge in [-0.15, -0.1) is 45.3 Å². The number of carbonyl (C=O) groups is 12. The largest absolute Gasteiger partial charge is 0.536 e. The number of hydrogen-bond donors (Lipinski definition) is 12. The lowest BCUT2D eigenvalue weighted by atomic mass is 9.64. The summed E-state index contributed by atoms with van der Waals surface area (Å²) in [4.78, 5) is 191. The van der Waals surface area contributed by atoms with Crippen molar-refractivity contribution in [1.29, 1.82) is 0 Å². The quantitative estimate of drug-likeness (QED) is 0.0259. The number of aryl methyl sites for hydroxylation is 5. The number of imide groups is 2. The molecule has 4 aromatic carbocycles. The van der Waals surface area contributed by atoms with E-state index >= 15 is 0 Å². The first-order valence-electron chi connectivity index (χ1n) is 43.2. The van der Waals surface area contributed by atoms with Crippen LogP contribution in [0.15, 0.2) is 136 Å². The Morgan fingerprint density at radius 1 is 0.449 bits per heavy atom. The molecule has 1 aliphatic carbocycles. The topological polar surface area (TPSA) is 584 Å². The standard InChI is InChI=1S/C23H26BN5O6S.2C22H23BN4O5S.C21H24BN5O6S/c1-12-3-2-4-13-9-14(24(34)35-19(12)13)10-17(30)18(16-11-36-22(25)26-16)27-23(33)29-8-7-28(15-5-6-15)20(31)21(29)32;1-12-4-3-5-13-8-15(23(31)32-20(12)13)10-17(28)19(16-11-33-22(24)25-16)26-21(30)14-6-7-27(2)18(29)9-14;1-12-4-3-5-13-8-15(23(30)32-20(12)13)10-17(28)19(16-11-33-22(24)26-16)27-21(29)14-6-7-25-18(9-14)31-2;1-11-4-3-5-12-8-13(22(32)33-17(11)12)9-15(28)16(14-10-34-20(23)24-14)25-21(31)27-7-6-26(2)18(29)19(27)30/h2-4,11,14-15,18,34H,5-10H2,1H3,(H2,25,26)(H,27,33);3-7,9,11,15,19,31H,8,10H2,1-2H3,(H2,24,25)(H,26,30);3-7,9,11,15,19,30H,8,10H2,1-2H3,(H2,24,26)(H,27,29);3-5,10,13,16,32H,6-9H2,1-2H3,(H2,23,24)(H,25,31)/t14-,18?;2*15-,19?;13-,16?/m1111/s1. The maximum atomic E-state index is 13.4. The van der Waals surface area contributed by atoms with E-state index in [-0.39, 0.29) is 124 Å². The van der Waals surface area contributed by atoms with Crippen molar-refractivity contribution in [2.24, 2.45) is 7.05 Å². The third-order valence-corrected chi connectivity index (χ3v) is 26.7. The molecule has 136 heavy (non-hydrogen) atoms. The Balaban J connectivity index is 0.000000145. The number of nitrogens with two attached hydrogens (primary N) is 4. The minimum absolute atomic E-state index is 0.00165. The van der Waals surface area contributed by atoms with Crippen LogP contribution in [-0.2, 0) is 71.1 Å². The molecule has 1 saturated carbocycles. The lowest BCUT2D eigenvalue weighted by Gasteiger charge is -2.33. The Kier molecular flexibility index (Phi) is 31.0. The number of rotatable bonds is 24. The van der Waals surface area contributed by atoms with Crippen molar-refractivity contribution in [2.45, 2.75) is 145 Å². The average molecular weight is 1930 g/mol. The second-order valence-corrected chi connectivity index (χ2v) is 37.2. The van der Waals surface area contributed by atoms with Crippen LogP contribution in [0, 0.1) is 27.7 Å². The molecule has 7 aliphatic rings. The number of pyridine rings is 2. The molecule has 16 N–H and O–H groups in total. The van der Waals surface area contributed by atoms with Gasteiger partial charge in [-0.2, -0.15) is 0 Å². The van der Waals surface area contributed by atoms with Gasteiger partial charge in [0.15, 0.2) is 43.7 Å². The molecule has 10 amide bonds. The van der Waals surface area contributed by atoms with Gasteiger partial charge in [0.05, 0.1) is 29.9 Å². The highest BCUT2D eigenvalue weighted by Crippen LogP contribution is 2.43. The molecule has 6 aliphatic heterocycles. The summed E-state index contributed by atoms with van der Waals surface area (Å²) >= 11 is 4.54. The number of thiazole rings is 4. The predicted molar refractivity (Wildman–Crippen MR) is 505 cm³/mol. The number of Topliss-reactive ketones (excluding diaryl/α,β-unsaturated/α-hetero) is 4. The van der Waals surface area contributed by atoms with Crippen molar-refractivity contribution in [3.8, 4) is 28.9 Å². The van der Waals surface area contributed by atoms with Gasteiger partial charge in [-0.25, -0.2) is 34.5 Å². The number of nitrogens with zero attached hydrogens (tertiary/aromatic N) is 10. The van der Waals surface area contributed by atoms with E-state index in [4.69, 9.17) is 46.3 Å². The lowest BCUT2D eigenvalue weighted by Crippen LogP contribution is -2.59. The van der Waals surface area contributed by atoms with Crippen molar-refractivity contribution in [2.75, 3.05) is 63.3 Å². The number of carbonyl (C=O) groups excluding carboxylic acids is 12. The third kappa shape index (κ3) is 23.1. The summed E-state index contributed by atoms with van der Waals surface area (Å²) in [5.74, 6) is -5.28. The number of methoxy groups -OCH3 is 1. The molecule has 0 spiro atoms. The van der Waals surface area contributed by atoms with Gasteiger partial charge >= 0.3 is 64.2 Å². The van der Waals surface area contributed by atoms with Crippen LogP contribution in [0.25, 0.3) is 0 Å². The van der Waals surface area contributed by atoms with Gasteiger partial charge in [0.2, 0.25) is 5.88 Å². The van der Waals surface area contributed by atoms with Gasteiger partial charge in [0, 0.05) is 152 Å². The Labute approximate surface area is 795 Å². The molecule has 2 saturated heterocycles. The Bertz CT molecular complexity index is 6340. The van der Waals surface area contributed by atoms with Gasteiger partial charge < -0.3 is 102 Å². The van der Waals surface area contributed by atoms with E-state index in [0.29, 0.717) is 60.1 Å². The van der Waals surface area contributed by atoms with Gasteiger partial charge in [-0.3, -0.25) is 62.5 Å². The number of piperazine rings is 2. The second kappa shape index (κ2) is 42.9. The van der Waals surface area contributed by atoms with E-state index in [2.05, 4.69) is 46.2 Å². The smallest absolute Gasteiger partial charge is 0.526 e. The molecule has 40 nitrogen and oxygen atoms in total. The molecule has 0 radical (unpaired) electrons. The van der Waals surface area contributed by atoms with Crippen LogP contribution in [0.4, 0.5) is 30.1 Å². The van der Waals surface area contributed by atoms with Crippen LogP contribution in [-0.4, -0.2) is 215 Å². The van der Waals surface area contributed by atoms with Crippen LogP contribution in [0.2, 0.25) is 23.3 Å². The fourth-order valence-corrected chi connectivity index (χ4v) is 18.8.